The largest absolute Gasteiger partial charge is 0.418 e. The molecule has 108 valence electrons. The molecule has 0 spiro atoms. The van der Waals surface area contributed by atoms with Crippen LogP contribution in [-0.4, -0.2) is 38.1 Å². The number of rotatable bonds is 2. The Balaban J connectivity index is 2.37. The smallest absolute Gasteiger partial charge is 0.369 e. The molecule has 0 N–H and O–H groups in total. The summed E-state index contributed by atoms with van der Waals surface area (Å²) in [4.78, 5) is 3.73. The fourth-order valence-corrected chi connectivity index (χ4v) is 2.48. The molecule has 20 heavy (non-hydrogen) atoms. The van der Waals surface area contributed by atoms with Crippen molar-refractivity contribution in [2.24, 2.45) is 0 Å². The first kappa shape index (κ1) is 14.7. The quantitative estimate of drug-likeness (QED) is 0.836. The molecule has 0 bridgehead atoms. The SMILES string of the molecule is CN(C)[C@H]1CCN(c2cc(C#N)ccc2C(F)(F)F)C1. The van der Waals surface area contributed by atoms with Crippen molar-refractivity contribution >= 4 is 5.69 Å². The number of halogens is 3. The lowest BCUT2D eigenvalue weighted by molar-refractivity contribution is -0.137. The first-order chi connectivity index (χ1) is 9.32. The average Bonchev–Trinajstić information content (AvgIpc) is 2.86. The zero-order chi connectivity index (χ0) is 14.9. The maximum absolute atomic E-state index is 13.1. The minimum atomic E-state index is -4.40. The minimum Gasteiger partial charge on any atom is -0.369 e. The molecule has 1 atom stereocenters. The van der Waals surface area contributed by atoms with Gasteiger partial charge in [-0.05, 0) is 38.7 Å². The van der Waals surface area contributed by atoms with E-state index in [1.54, 1.807) is 4.90 Å². The molecule has 2 rings (SSSR count). The number of nitriles is 1. The summed E-state index contributed by atoms with van der Waals surface area (Å²) >= 11 is 0. The van der Waals surface area contributed by atoms with Gasteiger partial charge in [-0.25, -0.2) is 0 Å². The molecular weight excluding hydrogens is 267 g/mol. The van der Waals surface area contributed by atoms with Crippen molar-refractivity contribution in [2.75, 3.05) is 32.1 Å². The Morgan fingerprint density at radius 2 is 2.05 bits per heavy atom. The Morgan fingerprint density at radius 3 is 2.55 bits per heavy atom. The first-order valence-corrected chi connectivity index (χ1v) is 6.35. The van der Waals surface area contributed by atoms with Crippen LogP contribution < -0.4 is 4.90 Å². The Bertz CT molecular complexity index is 531. The average molecular weight is 283 g/mol. The van der Waals surface area contributed by atoms with Gasteiger partial charge in [0.05, 0.1) is 22.9 Å². The van der Waals surface area contributed by atoms with Crippen molar-refractivity contribution in [3.63, 3.8) is 0 Å². The summed E-state index contributed by atoms with van der Waals surface area (Å²) < 4.78 is 39.2. The van der Waals surface area contributed by atoms with Gasteiger partial charge in [-0.1, -0.05) is 0 Å². The maximum Gasteiger partial charge on any atom is 0.418 e. The predicted octanol–water partition coefficient (Wildman–Crippen LogP) is 2.72. The third-order valence-electron chi connectivity index (χ3n) is 3.67. The lowest BCUT2D eigenvalue weighted by atomic mass is 10.1. The van der Waals surface area contributed by atoms with Gasteiger partial charge in [0, 0.05) is 19.1 Å². The Labute approximate surface area is 116 Å². The van der Waals surface area contributed by atoms with Gasteiger partial charge in [-0.2, -0.15) is 18.4 Å². The molecule has 1 fully saturated rings. The summed E-state index contributed by atoms with van der Waals surface area (Å²) in [5.41, 5.74) is -0.307. The molecule has 0 aromatic heterocycles. The molecule has 0 aliphatic carbocycles. The van der Waals surface area contributed by atoms with Crippen LogP contribution >= 0.6 is 0 Å². The fraction of sp³-hybridized carbons (Fsp3) is 0.500. The van der Waals surface area contributed by atoms with Gasteiger partial charge in [0.2, 0.25) is 0 Å². The molecular formula is C14H16F3N3. The molecule has 0 amide bonds. The highest BCUT2D eigenvalue weighted by Gasteiger charge is 2.36. The van der Waals surface area contributed by atoms with Crippen LogP contribution in [0.15, 0.2) is 18.2 Å². The predicted molar refractivity (Wildman–Crippen MR) is 70.5 cm³/mol. The highest BCUT2D eigenvalue weighted by Crippen LogP contribution is 2.38. The van der Waals surface area contributed by atoms with Crippen LogP contribution in [0.1, 0.15) is 17.5 Å². The Morgan fingerprint density at radius 1 is 1.35 bits per heavy atom. The lowest BCUT2D eigenvalue weighted by Gasteiger charge is -2.25. The molecule has 1 aliphatic heterocycles. The van der Waals surface area contributed by atoms with Crippen molar-refractivity contribution in [3.05, 3.63) is 29.3 Å². The summed E-state index contributed by atoms with van der Waals surface area (Å²) in [5, 5.41) is 8.88. The molecule has 1 saturated heterocycles. The van der Waals surface area contributed by atoms with E-state index < -0.39 is 11.7 Å². The van der Waals surface area contributed by atoms with E-state index in [0.29, 0.717) is 13.1 Å². The monoisotopic (exact) mass is 283 g/mol. The van der Waals surface area contributed by atoms with E-state index in [0.717, 1.165) is 12.5 Å². The third-order valence-corrected chi connectivity index (χ3v) is 3.67. The van der Waals surface area contributed by atoms with Gasteiger partial charge in [-0.15, -0.1) is 0 Å². The highest BCUT2D eigenvalue weighted by atomic mass is 19.4. The van der Waals surface area contributed by atoms with Gasteiger partial charge >= 0.3 is 6.18 Å². The molecule has 1 aliphatic rings. The van der Waals surface area contributed by atoms with Gasteiger partial charge in [0.25, 0.3) is 0 Å². The summed E-state index contributed by atoms with van der Waals surface area (Å²) in [7, 11) is 3.84. The van der Waals surface area contributed by atoms with Crippen LogP contribution in [0.25, 0.3) is 0 Å². The second kappa shape index (κ2) is 5.33. The second-order valence-corrected chi connectivity index (χ2v) is 5.19. The van der Waals surface area contributed by atoms with Crippen molar-refractivity contribution < 1.29 is 13.2 Å². The topological polar surface area (TPSA) is 30.3 Å². The molecule has 1 aromatic carbocycles. The minimum absolute atomic E-state index is 0.112. The summed E-state index contributed by atoms with van der Waals surface area (Å²) in [6.45, 7) is 1.12. The van der Waals surface area contributed by atoms with Crippen LogP contribution in [0, 0.1) is 11.3 Å². The summed E-state index contributed by atoms with van der Waals surface area (Å²) in [6.07, 6.45) is -3.58. The summed E-state index contributed by atoms with van der Waals surface area (Å²) in [5.74, 6) is 0. The molecule has 0 radical (unpaired) electrons. The van der Waals surface area contributed by atoms with Crippen molar-refractivity contribution in [3.8, 4) is 6.07 Å². The van der Waals surface area contributed by atoms with Gasteiger partial charge < -0.3 is 9.80 Å². The maximum atomic E-state index is 13.1. The number of alkyl halides is 3. The van der Waals surface area contributed by atoms with Crippen LogP contribution in [0.4, 0.5) is 18.9 Å². The van der Waals surface area contributed by atoms with E-state index in [1.807, 2.05) is 25.1 Å². The number of anilines is 1. The second-order valence-electron chi connectivity index (χ2n) is 5.19. The Kier molecular flexibility index (Phi) is 3.91. The third kappa shape index (κ3) is 2.88. The van der Waals surface area contributed by atoms with Gasteiger partial charge in [0.1, 0.15) is 0 Å². The number of hydrogen-bond acceptors (Lipinski definition) is 3. The van der Waals surface area contributed by atoms with E-state index in [1.165, 1.54) is 12.1 Å². The van der Waals surface area contributed by atoms with Crippen molar-refractivity contribution in [1.82, 2.24) is 4.90 Å². The van der Waals surface area contributed by atoms with E-state index in [9.17, 15) is 13.2 Å². The highest BCUT2D eigenvalue weighted by molar-refractivity contribution is 5.59. The van der Waals surface area contributed by atoms with Gasteiger partial charge in [0.15, 0.2) is 0 Å². The normalized spacial score (nSPS) is 19.4. The standard InChI is InChI=1S/C14H16F3N3/c1-19(2)11-5-6-20(9-11)13-7-10(8-18)3-4-12(13)14(15,16)17/h3-4,7,11H,5-6,9H2,1-2H3/t11-/m0/s1. The fourth-order valence-electron chi connectivity index (χ4n) is 2.48. The van der Waals surface area contributed by atoms with Crippen LogP contribution in [-0.2, 0) is 6.18 Å². The molecule has 6 heteroatoms. The van der Waals surface area contributed by atoms with E-state index in [4.69, 9.17) is 5.26 Å². The van der Waals surface area contributed by atoms with E-state index in [-0.39, 0.29) is 17.3 Å². The van der Waals surface area contributed by atoms with Crippen molar-refractivity contribution in [2.45, 2.75) is 18.6 Å². The first-order valence-electron chi connectivity index (χ1n) is 6.35. The van der Waals surface area contributed by atoms with E-state index >= 15 is 0 Å². The van der Waals surface area contributed by atoms with Crippen LogP contribution in [0.2, 0.25) is 0 Å². The lowest BCUT2D eigenvalue weighted by Crippen LogP contribution is -2.32. The van der Waals surface area contributed by atoms with E-state index in [2.05, 4.69) is 0 Å². The zero-order valence-electron chi connectivity index (χ0n) is 11.4. The molecule has 0 unspecified atom stereocenters. The molecule has 1 heterocycles. The number of hydrogen-bond donors (Lipinski definition) is 0. The van der Waals surface area contributed by atoms with Crippen molar-refractivity contribution in [1.29, 1.82) is 5.26 Å². The van der Waals surface area contributed by atoms with Crippen LogP contribution in [0.5, 0.6) is 0 Å². The zero-order valence-corrected chi connectivity index (χ0v) is 11.4. The van der Waals surface area contributed by atoms with Crippen LogP contribution in [0.3, 0.4) is 0 Å². The Hall–Kier alpha value is -1.74. The summed E-state index contributed by atoms with van der Waals surface area (Å²) in [6, 6.07) is 5.68. The molecule has 1 aromatic rings. The number of benzene rings is 1. The number of likely N-dealkylation sites (N-methyl/N-ethyl adjacent to an activating group) is 1. The molecule has 0 saturated carbocycles. The number of nitrogens with zero attached hydrogens (tertiary/aromatic N) is 3. The van der Waals surface area contributed by atoms with Gasteiger partial charge in [-0.3, -0.25) is 0 Å². The molecule has 3 nitrogen and oxygen atoms in total.